The Morgan fingerprint density at radius 3 is 2.94 bits per heavy atom. The molecule has 1 unspecified atom stereocenters. The third-order valence-electron chi connectivity index (χ3n) is 6.19. The summed E-state index contributed by atoms with van der Waals surface area (Å²) in [6.07, 6.45) is 3.06. The van der Waals surface area contributed by atoms with Crippen molar-refractivity contribution in [2.45, 2.75) is 45.4 Å². The Labute approximate surface area is 182 Å². The summed E-state index contributed by atoms with van der Waals surface area (Å²) < 4.78 is 21.3. The van der Waals surface area contributed by atoms with Gasteiger partial charge in [0.05, 0.1) is 23.1 Å². The molecule has 2 aliphatic heterocycles. The van der Waals surface area contributed by atoms with Crippen molar-refractivity contribution in [2.75, 3.05) is 6.61 Å². The molecule has 0 spiro atoms. The van der Waals surface area contributed by atoms with Gasteiger partial charge in [0.1, 0.15) is 17.1 Å². The highest BCUT2D eigenvalue weighted by atomic mass is 35.5. The Kier molecular flexibility index (Phi) is 5.61. The first kappa shape index (κ1) is 21.5. The molecule has 2 N–H and O–H groups in total. The Morgan fingerprint density at radius 1 is 1.39 bits per heavy atom. The number of benzene rings is 1. The van der Waals surface area contributed by atoms with Gasteiger partial charge in [-0.2, -0.15) is 0 Å². The molecule has 1 aromatic heterocycles. The van der Waals surface area contributed by atoms with E-state index >= 15 is 0 Å². The fourth-order valence-corrected chi connectivity index (χ4v) is 4.47. The van der Waals surface area contributed by atoms with Crippen molar-refractivity contribution in [2.24, 2.45) is 5.41 Å². The fourth-order valence-electron chi connectivity index (χ4n) is 4.28. The number of hydrogen-bond donors (Lipinski definition) is 2. The highest BCUT2D eigenvalue weighted by Gasteiger charge is 2.49. The molecule has 164 valence electrons. The van der Waals surface area contributed by atoms with Gasteiger partial charge in [0.2, 0.25) is 5.43 Å². The average Bonchev–Trinajstić information content (AvgIpc) is 2.93. The van der Waals surface area contributed by atoms with E-state index < -0.39 is 34.4 Å². The molecule has 2 aromatic rings. The summed E-state index contributed by atoms with van der Waals surface area (Å²) in [7, 11) is 0. The molecule has 1 amide bonds. The van der Waals surface area contributed by atoms with Gasteiger partial charge in [0.15, 0.2) is 11.5 Å². The number of ketones is 1. The van der Waals surface area contributed by atoms with Crippen LogP contribution in [0.1, 0.15) is 52.6 Å². The molecule has 0 radical (unpaired) electrons. The molecular weight excluding hydrogens is 427 g/mol. The number of amides is 1. The predicted octanol–water partition coefficient (Wildman–Crippen LogP) is 3.05. The zero-order chi connectivity index (χ0) is 22.3. The van der Waals surface area contributed by atoms with Gasteiger partial charge < -0.3 is 19.7 Å². The lowest BCUT2D eigenvalue weighted by Gasteiger charge is -2.40. The van der Waals surface area contributed by atoms with E-state index in [0.29, 0.717) is 13.0 Å². The largest absolute Gasteiger partial charge is 0.503 e. The smallest absolute Gasteiger partial charge is 0.257 e. The van der Waals surface area contributed by atoms with Crippen molar-refractivity contribution in [3.05, 3.63) is 62.3 Å². The number of pyridine rings is 1. The van der Waals surface area contributed by atoms with Gasteiger partial charge in [-0.25, -0.2) is 4.39 Å². The number of ether oxygens (including phenoxy) is 1. The molecule has 31 heavy (non-hydrogen) atoms. The van der Waals surface area contributed by atoms with Crippen molar-refractivity contribution >= 4 is 23.3 Å². The molecule has 1 aromatic carbocycles. The molecule has 1 saturated heterocycles. The summed E-state index contributed by atoms with van der Waals surface area (Å²) in [6.45, 7) is 2.34. The van der Waals surface area contributed by atoms with Crippen LogP contribution in [0.25, 0.3) is 0 Å². The van der Waals surface area contributed by atoms with Gasteiger partial charge in [-0.15, -0.1) is 0 Å². The second-order valence-corrected chi connectivity index (χ2v) is 8.59. The summed E-state index contributed by atoms with van der Waals surface area (Å²) in [4.78, 5) is 38.5. The first-order valence-corrected chi connectivity index (χ1v) is 10.5. The van der Waals surface area contributed by atoms with Gasteiger partial charge in [-0.1, -0.05) is 30.2 Å². The molecule has 2 aliphatic rings. The number of nitrogens with zero attached hydrogens (tertiary/aromatic N) is 1. The Hall–Kier alpha value is -2.71. The third kappa shape index (κ3) is 3.64. The summed E-state index contributed by atoms with van der Waals surface area (Å²) in [6, 6.07) is 4.39. The summed E-state index contributed by atoms with van der Waals surface area (Å²) in [5.74, 6) is -2.58. The number of aromatic nitrogens is 1. The number of aromatic hydroxyl groups is 1. The first-order valence-electron chi connectivity index (χ1n) is 10.1. The zero-order valence-electron chi connectivity index (χ0n) is 16.9. The van der Waals surface area contributed by atoms with Crippen LogP contribution >= 0.6 is 11.6 Å². The van der Waals surface area contributed by atoms with Crippen LogP contribution in [-0.4, -0.2) is 34.1 Å². The molecule has 0 bridgehead atoms. The van der Waals surface area contributed by atoms with Gasteiger partial charge >= 0.3 is 0 Å². The standard InChI is InChI=1S/C22H22ClFN2O5/c1-22-7-2-3-8-31-15(22)11-26-10-13(18(27)19(28)17(26)20(22)29)21(30)25-9-12-5-4-6-14(23)16(12)24/h4-6,10,15,28H,2-3,7-9,11H2,1H3,(H,25,30)/t15?,22-/m0/s1. The van der Waals surface area contributed by atoms with Crippen LogP contribution in [0, 0.1) is 11.2 Å². The van der Waals surface area contributed by atoms with E-state index in [4.69, 9.17) is 16.3 Å². The number of carbonyl (C=O) groups excluding carboxylic acids is 2. The minimum Gasteiger partial charge on any atom is -0.503 e. The minimum atomic E-state index is -0.944. The van der Waals surface area contributed by atoms with E-state index in [1.165, 1.54) is 22.9 Å². The van der Waals surface area contributed by atoms with E-state index in [0.717, 1.165) is 12.8 Å². The maximum atomic E-state index is 14.1. The molecule has 9 heteroatoms. The van der Waals surface area contributed by atoms with Crippen molar-refractivity contribution in [1.82, 2.24) is 9.88 Å². The van der Waals surface area contributed by atoms with Crippen LogP contribution in [-0.2, 0) is 17.8 Å². The lowest BCUT2D eigenvalue weighted by Crippen LogP contribution is -2.49. The molecule has 7 nitrogen and oxygen atoms in total. The molecule has 3 heterocycles. The SMILES string of the molecule is C[C@]12CCCCOC1Cn1cc(C(=O)NCc3cccc(Cl)c3F)c(=O)c(O)c1C2=O. The first-order chi connectivity index (χ1) is 14.7. The van der Waals surface area contributed by atoms with Crippen LogP contribution in [0.5, 0.6) is 5.75 Å². The number of carbonyl (C=O) groups is 2. The van der Waals surface area contributed by atoms with Gasteiger partial charge in [-0.3, -0.25) is 14.4 Å². The average molecular weight is 449 g/mol. The molecule has 4 rings (SSSR count). The normalized spacial score (nSPS) is 22.9. The van der Waals surface area contributed by atoms with E-state index in [-0.39, 0.29) is 40.7 Å². The lowest BCUT2D eigenvalue weighted by atomic mass is 9.72. The summed E-state index contributed by atoms with van der Waals surface area (Å²) >= 11 is 5.75. The van der Waals surface area contributed by atoms with Crippen molar-refractivity contribution in [3.63, 3.8) is 0 Å². The predicted molar refractivity (Wildman–Crippen MR) is 111 cm³/mol. The van der Waals surface area contributed by atoms with Crippen LogP contribution in [0.2, 0.25) is 5.02 Å². The number of hydrogen-bond acceptors (Lipinski definition) is 5. The molecule has 0 aliphatic carbocycles. The second-order valence-electron chi connectivity index (χ2n) is 8.18. The Balaban J connectivity index is 1.66. The van der Waals surface area contributed by atoms with E-state index in [1.807, 2.05) is 0 Å². The molecule has 2 atom stereocenters. The lowest BCUT2D eigenvalue weighted by molar-refractivity contribution is -0.0284. The Morgan fingerprint density at radius 2 is 2.16 bits per heavy atom. The van der Waals surface area contributed by atoms with Crippen molar-refractivity contribution < 1.29 is 23.8 Å². The number of halogens is 2. The highest BCUT2D eigenvalue weighted by molar-refractivity contribution is 6.30. The Bertz CT molecular complexity index is 1130. The highest BCUT2D eigenvalue weighted by Crippen LogP contribution is 2.42. The zero-order valence-corrected chi connectivity index (χ0v) is 17.7. The second kappa shape index (κ2) is 8.09. The number of fused-ring (bicyclic) bond motifs is 2. The number of rotatable bonds is 3. The van der Waals surface area contributed by atoms with Gasteiger partial charge in [-0.05, 0) is 25.8 Å². The van der Waals surface area contributed by atoms with Gasteiger partial charge in [0.25, 0.3) is 5.91 Å². The van der Waals surface area contributed by atoms with E-state index in [1.54, 1.807) is 13.0 Å². The monoisotopic (exact) mass is 448 g/mol. The third-order valence-corrected chi connectivity index (χ3v) is 6.48. The van der Waals surface area contributed by atoms with Crippen molar-refractivity contribution in [1.29, 1.82) is 0 Å². The number of Topliss-reactive ketones (excluding diaryl/α,β-unsaturated/α-hetero) is 1. The quantitative estimate of drug-likeness (QED) is 0.752. The molecular formula is C22H22ClFN2O5. The number of nitrogens with one attached hydrogen (secondary N) is 1. The topological polar surface area (TPSA) is 97.6 Å². The summed E-state index contributed by atoms with van der Waals surface area (Å²) in [5, 5.41) is 12.9. The van der Waals surface area contributed by atoms with Crippen LogP contribution < -0.4 is 10.7 Å². The van der Waals surface area contributed by atoms with E-state index in [2.05, 4.69) is 5.32 Å². The van der Waals surface area contributed by atoms with E-state index in [9.17, 15) is 23.9 Å². The van der Waals surface area contributed by atoms with Crippen molar-refractivity contribution in [3.8, 4) is 5.75 Å². The van der Waals surface area contributed by atoms with Gasteiger partial charge in [0, 0.05) is 24.9 Å². The molecule has 1 fully saturated rings. The summed E-state index contributed by atoms with van der Waals surface area (Å²) in [5.41, 5.74) is -2.07. The maximum absolute atomic E-state index is 14.1. The minimum absolute atomic E-state index is 0.0804. The fraction of sp³-hybridized carbons (Fsp3) is 0.409. The van der Waals surface area contributed by atoms with Crippen LogP contribution in [0.3, 0.4) is 0 Å². The molecule has 0 saturated carbocycles. The van der Waals surface area contributed by atoms with Crippen LogP contribution in [0.4, 0.5) is 4.39 Å². The maximum Gasteiger partial charge on any atom is 0.257 e. The van der Waals surface area contributed by atoms with Crippen LogP contribution in [0.15, 0.2) is 29.2 Å².